The van der Waals surface area contributed by atoms with Gasteiger partial charge in [0.25, 0.3) is 5.91 Å². The maximum Gasteiger partial charge on any atom is 0.329 e. The van der Waals surface area contributed by atoms with Crippen LogP contribution in [0.25, 0.3) is 0 Å². The van der Waals surface area contributed by atoms with Gasteiger partial charge in [0.2, 0.25) is 0 Å². The molecule has 1 aromatic rings. The predicted octanol–water partition coefficient (Wildman–Crippen LogP) is 2.47. The van der Waals surface area contributed by atoms with E-state index in [0.29, 0.717) is 28.3 Å². The quantitative estimate of drug-likeness (QED) is 0.866. The Morgan fingerprint density at radius 2 is 2.00 bits per heavy atom. The minimum Gasteiger partial charge on any atom is -0.480 e. The van der Waals surface area contributed by atoms with Crippen molar-refractivity contribution in [1.82, 2.24) is 5.32 Å². The highest BCUT2D eigenvalue weighted by Gasteiger charge is 2.41. The number of rotatable bonds is 3. The van der Waals surface area contributed by atoms with E-state index in [1.165, 1.54) is 6.07 Å². The minimum atomic E-state index is -1.28. The summed E-state index contributed by atoms with van der Waals surface area (Å²) in [6.45, 7) is 0.618. The Kier molecular flexibility index (Phi) is 4.67. The van der Waals surface area contributed by atoms with Crippen LogP contribution in [0.2, 0.25) is 5.02 Å². The molecule has 1 aromatic carbocycles. The number of hydrogen-bond acceptors (Lipinski definition) is 3. The van der Waals surface area contributed by atoms with Crippen molar-refractivity contribution in [2.45, 2.75) is 18.4 Å². The van der Waals surface area contributed by atoms with Crippen molar-refractivity contribution in [3.05, 3.63) is 33.3 Å². The number of ether oxygens (including phenoxy) is 1. The zero-order chi connectivity index (χ0) is 14.8. The predicted molar refractivity (Wildman–Crippen MR) is 77.0 cm³/mol. The molecule has 1 saturated heterocycles. The number of carbonyl (C=O) groups excluding carboxylic acids is 1. The molecule has 1 amide bonds. The molecular formula is C13H13BrClNO4. The van der Waals surface area contributed by atoms with Crippen LogP contribution in [-0.4, -0.2) is 35.7 Å². The second-order valence-electron chi connectivity index (χ2n) is 4.58. The summed E-state index contributed by atoms with van der Waals surface area (Å²) in [4.78, 5) is 23.8. The monoisotopic (exact) mass is 361 g/mol. The van der Waals surface area contributed by atoms with Gasteiger partial charge in [-0.25, -0.2) is 4.79 Å². The van der Waals surface area contributed by atoms with Crippen LogP contribution in [0.4, 0.5) is 0 Å². The van der Waals surface area contributed by atoms with E-state index in [4.69, 9.17) is 16.3 Å². The summed E-state index contributed by atoms with van der Waals surface area (Å²) < 4.78 is 5.72. The molecule has 0 bridgehead atoms. The molecule has 0 atom stereocenters. The molecule has 7 heteroatoms. The molecule has 2 rings (SSSR count). The molecule has 0 aliphatic carbocycles. The molecule has 0 radical (unpaired) electrons. The number of hydrogen-bond donors (Lipinski definition) is 2. The second-order valence-corrected chi connectivity index (χ2v) is 5.87. The summed E-state index contributed by atoms with van der Waals surface area (Å²) in [6.07, 6.45) is 0.485. The largest absolute Gasteiger partial charge is 0.480 e. The van der Waals surface area contributed by atoms with Crippen molar-refractivity contribution < 1.29 is 19.4 Å². The van der Waals surface area contributed by atoms with Gasteiger partial charge >= 0.3 is 5.97 Å². The van der Waals surface area contributed by atoms with E-state index in [-0.39, 0.29) is 12.8 Å². The van der Waals surface area contributed by atoms with Crippen LogP contribution in [0.3, 0.4) is 0 Å². The number of carboxylic acid groups (broad SMARTS) is 1. The van der Waals surface area contributed by atoms with Gasteiger partial charge in [-0.15, -0.1) is 0 Å². The molecule has 1 fully saturated rings. The Bertz CT molecular complexity index is 543. The summed E-state index contributed by atoms with van der Waals surface area (Å²) in [6, 6.07) is 4.79. The average molecular weight is 363 g/mol. The molecule has 20 heavy (non-hydrogen) atoms. The smallest absolute Gasteiger partial charge is 0.329 e. The van der Waals surface area contributed by atoms with E-state index in [9.17, 15) is 14.7 Å². The first-order valence-electron chi connectivity index (χ1n) is 6.03. The molecule has 2 N–H and O–H groups in total. The van der Waals surface area contributed by atoms with E-state index in [1.54, 1.807) is 12.1 Å². The first-order chi connectivity index (χ1) is 9.44. The number of nitrogens with one attached hydrogen (secondary N) is 1. The van der Waals surface area contributed by atoms with E-state index < -0.39 is 17.4 Å². The average Bonchev–Trinajstić information content (AvgIpc) is 2.42. The van der Waals surface area contributed by atoms with E-state index in [2.05, 4.69) is 21.2 Å². The van der Waals surface area contributed by atoms with Crippen molar-refractivity contribution in [1.29, 1.82) is 0 Å². The van der Waals surface area contributed by atoms with Gasteiger partial charge in [-0.1, -0.05) is 11.6 Å². The van der Waals surface area contributed by atoms with Gasteiger partial charge in [-0.05, 0) is 34.1 Å². The lowest BCUT2D eigenvalue weighted by atomic mass is 9.89. The standard InChI is InChI=1S/C13H13BrClNO4/c14-10-2-1-8(15)7-9(10)11(17)16-13(12(18)19)3-5-20-6-4-13/h1-2,7H,3-6H2,(H,16,17)(H,18,19). The van der Waals surface area contributed by atoms with Crippen molar-refractivity contribution in [3.8, 4) is 0 Å². The molecule has 108 valence electrons. The van der Waals surface area contributed by atoms with Gasteiger partial charge in [-0.2, -0.15) is 0 Å². The van der Waals surface area contributed by atoms with Crippen LogP contribution in [0.1, 0.15) is 23.2 Å². The van der Waals surface area contributed by atoms with E-state index >= 15 is 0 Å². The van der Waals surface area contributed by atoms with Crippen molar-refractivity contribution in [3.63, 3.8) is 0 Å². The first-order valence-corrected chi connectivity index (χ1v) is 7.20. The van der Waals surface area contributed by atoms with E-state index in [1.807, 2.05) is 0 Å². The molecule has 1 aliphatic rings. The number of carbonyl (C=O) groups is 2. The lowest BCUT2D eigenvalue weighted by molar-refractivity contribution is -0.148. The molecule has 0 saturated carbocycles. The third-order valence-electron chi connectivity index (χ3n) is 3.28. The molecular weight excluding hydrogens is 350 g/mol. The van der Waals surface area contributed by atoms with Crippen LogP contribution >= 0.6 is 27.5 Å². The molecule has 5 nitrogen and oxygen atoms in total. The Morgan fingerprint density at radius 3 is 2.60 bits per heavy atom. The van der Waals surface area contributed by atoms with Crippen LogP contribution in [0, 0.1) is 0 Å². The summed E-state index contributed by atoms with van der Waals surface area (Å²) >= 11 is 9.12. The highest BCUT2D eigenvalue weighted by atomic mass is 79.9. The summed E-state index contributed by atoms with van der Waals surface area (Å²) in [5, 5.41) is 12.4. The zero-order valence-corrected chi connectivity index (χ0v) is 12.8. The van der Waals surface area contributed by atoms with Gasteiger partial charge in [-0.3, -0.25) is 4.79 Å². The molecule has 0 unspecified atom stereocenters. The topological polar surface area (TPSA) is 75.6 Å². The van der Waals surface area contributed by atoms with Crippen molar-refractivity contribution in [2.75, 3.05) is 13.2 Å². The van der Waals surface area contributed by atoms with Gasteiger partial charge in [0, 0.05) is 35.6 Å². The highest BCUT2D eigenvalue weighted by Crippen LogP contribution is 2.25. The lowest BCUT2D eigenvalue weighted by Crippen LogP contribution is -2.57. The number of aliphatic carboxylic acids is 1. The third kappa shape index (κ3) is 3.13. The van der Waals surface area contributed by atoms with Crippen LogP contribution in [-0.2, 0) is 9.53 Å². The Morgan fingerprint density at radius 1 is 1.35 bits per heavy atom. The zero-order valence-electron chi connectivity index (χ0n) is 10.5. The SMILES string of the molecule is O=C(NC1(C(=O)O)CCOCC1)c1cc(Cl)ccc1Br. The third-order valence-corrected chi connectivity index (χ3v) is 4.21. The number of carboxylic acids is 1. The minimum absolute atomic E-state index is 0.242. The van der Waals surface area contributed by atoms with Crippen LogP contribution in [0.15, 0.2) is 22.7 Å². The Hall–Kier alpha value is -1.11. The maximum atomic E-state index is 12.3. The van der Waals surface area contributed by atoms with E-state index in [0.717, 1.165) is 0 Å². The lowest BCUT2D eigenvalue weighted by Gasteiger charge is -2.34. The molecule has 0 spiro atoms. The van der Waals surface area contributed by atoms with Gasteiger partial charge in [0.05, 0.1) is 5.56 Å². The fourth-order valence-corrected chi connectivity index (χ4v) is 2.67. The highest BCUT2D eigenvalue weighted by molar-refractivity contribution is 9.10. The Labute approximate surface area is 129 Å². The summed E-state index contributed by atoms with van der Waals surface area (Å²) in [5.41, 5.74) is -0.971. The molecule has 1 aliphatic heterocycles. The van der Waals surface area contributed by atoms with Crippen molar-refractivity contribution >= 4 is 39.4 Å². The normalized spacial score (nSPS) is 17.5. The van der Waals surface area contributed by atoms with Crippen molar-refractivity contribution in [2.24, 2.45) is 0 Å². The fraction of sp³-hybridized carbons (Fsp3) is 0.385. The number of halogens is 2. The van der Waals surface area contributed by atoms with Crippen LogP contribution < -0.4 is 5.32 Å². The number of benzene rings is 1. The van der Waals surface area contributed by atoms with Crippen LogP contribution in [0.5, 0.6) is 0 Å². The second kappa shape index (κ2) is 6.11. The Balaban J connectivity index is 2.24. The first kappa shape index (κ1) is 15.3. The fourth-order valence-electron chi connectivity index (χ4n) is 2.07. The maximum absolute atomic E-state index is 12.3. The molecule has 0 aromatic heterocycles. The number of amides is 1. The van der Waals surface area contributed by atoms with Gasteiger partial charge < -0.3 is 15.2 Å². The summed E-state index contributed by atoms with van der Waals surface area (Å²) in [5.74, 6) is -1.52. The molecule has 1 heterocycles. The van der Waals surface area contributed by atoms with Gasteiger partial charge in [0.1, 0.15) is 5.54 Å². The summed E-state index contributed by atoms with van der Waals surface area (Å²) in [7, 11) is 0. The van der Waals surface area contributed by atoms with Gasteiger partial charge in [0.15, 0.2) is 0 Å².